The molecule has 0 saturated heterocycles. The Morgan fingerprint density at radius 3 is 2.61 bits per heavy atom. The first kappa shape index (κ1) is 19.9. The number of esters is 1. The topological polar surface area (TPSA) is 75.7 Å². The SMILES string of the molecule is CCc1ccc(NC(=O)C(C)OC(=O)CN2C(=O)CSc3ccccc32)cc1. The minimum Gasteiger partial charge on any atom is -0.451 e. The molecule has 0 aromatic heterocycles. The number of nitrogens with zero attached hydrogens (tertiary/aromatic N) is 1. The van der Waals surface area contributed by atoms with Gasteiger partial charge in [-0.05, 0) is 43.2 Å². The summed E-state index contributed by atoms with van der Waals surface area (Å²) in [6.45, 7) is 3.34. The zero-order valence-corrected chi connectivity index (χ0v) is 16.6. The summed E-state index contributed by atoms with van der Waals surface area (Å²) >= 11 is 1.44. The maximum Gasteiger partial charge on any atom is 0.326 e. The van der Waals surface area contributed by atoms with E-state index >= 15 is 0 Å². The molecule has 0 fully saturated rings. The second kappa shape index (κ2) is 8.93. The molecular formula is C21H22N2O4S. The fourth-order valence-corrected chi connectivity index (χ4v) is 3.75. The van der Waals surface area contributed by atoms with Gasteiger partial charge in [-0.25, -0.2) is 0 Å². The second-order valence-electron chi connectivity index (χ2n) is 6.41. The summed E-state index contributed by atoms with van der Waals surface area (Å²) in [6, 6.07) is 14.9. The van der Waals surface area contributed by atoms with Crippen LogP contribution in [0.3, 0.4) is 0 Å². The number of hydrogen-bond donors (Lipinski definition) is 1. The molecule has 1 aliphatic rings. The van der Waals surface area contributed by atoms with Crippen LogP contribution in [0.1, 0.15) is 19.4 Å². The predicted molar refractivity (Wildman–Crippen MR) is 110 cm³/mol. The monoisotopic (exact) mass is 398 g/mol. The Morgan fingerprint density at radius 1 is 1.18 bits per heavy atom. The molecular weight excluding hydrogens is 376 g/mol. The summed E-state index contributed by atoms with van der Waals surface area (Å²) in [6.07, 6.45) is -0.0538. The van der Waals surface area contributed by atoms with Crippen molar-refractivity contribution in [3.8, 4) is 0 Å². The van der Waals surface area contributed by atoms with Crippen molar-refractivity contribution in [2.45, 2.75) is 31.3 Å². The Hall–Kier alpha value is -2.80. The fraction of sp³-hybridized carbons (Fsp3) is 0.286. The quantitative estimate of drug-likeness (QED) is 0.756. The van der Waals surface area contributed by atoms with Crippen LogP contribution in [0, 0.1) is 0 Å². The van der Waals surface area contributed by atoms with Gasteiger partial charge in [0.05, 0.1) is 11.4 Å². The first-order valence-corrected chi connectivity index (χ1v) is 10.1. The van der Waals surface area contributed by atoms with Gasteiger partial charge in [-0.1, -0.05) is 31.2 Å². The number of amides is 2. The average molecular weight is 398 g/mol. The Morgan fingerprint density at radius 2 is 1.89 bits per heavy atom. The molecule has 0 aliphatic carbocycles. The van der Waals surface area contributed by atoms with Crippen LogP contribution in [0.4, 0.5) is 11.4 Å². The number of carbonyl (C=O) groups is 3. The standard InChI is InChI=1S/C21H22N2O4S/c1-3-15-8-10-16(11-9-15)22-21(26)14(2)27-20(25)12-23-17-6-4-5-7-18(17)28-13-19(23)24/h4-11,14H,3,12-13H2,1-2H3,(H,22,26). The number of rotatable bonds is 6. The third kappa shape index (κ3) is 4.72. The summed E-state index contributed by atoms with van der Waals surface area (Å²) in [5, 5.41) is 2.73. The van der Waals surface area contributed by atoms with E-state index < -0.39 is 18.0 Å². The number of anilines is 2. The molecule has 2 aromatic carbocycles. The van der Waals surface area contributed by atoms with Crippen molar-refractivity contribution in [3.63, 3.8) is 0 Å². The molecule has 6 nitrogen and oxygen atoms in total. The van der Waals surface area contributed by atoms with Gasteiger partial charge < -0.3 is 10.1 Å². The van der Waals surface area contributed by atoms with Crippen LogP contribution in [0.15, 0.2) is 53.4 Å². The molecule has 1 aliphatic heterocycles. The lowest BCUT2D eigenvalue weighted by Gasteiger charge is -2.28. The minimum atomic E-state index is -0.970. The molecule has 0 saturated carbocycles. The third-order valence-corrected chi connectivity index (χ3v) is 5.45. The normalized spacial score (nSPS) is 14.2. The van der Waals surface area contributed by atoms with Crippen molar-refractivity contribution in [2.75, 3.05) is 22.5 Å². The molecule has 1 unspecified atom stereocenters. The van der Waals surface area contributed by atoms with Crippen molar-refractivity contribution in [1.82, 2.24) is 0 Å². The van der Waals surface area contributed by atoms with Gasteiger partial charge >= 0.3 is 5.97 Å². The number of carbonyl (C=O) groups excluding carboxylic acids is 3. The number of ether oxygens (including phenoxy) is 1. The molecule has 0 bridgehead atoms. The molecule has 146 valence electrons. The van der Waals surface area contributed by atoms with E-state index in [1.807, 2.05) is 42.5 Å². The fourth-order valence-electron chi connectivity index (χ4n) is 2.81. The first-order chi connectivity index (χ1) is 13.5. The van der Waals surface area contributed by atoms with Crippen LogP contribution >= 0.6 is 11.8 Å². The molecule has 2 aromatic rings. The number of hydrogen-bond acceptors (Lipinski definition) is 5. The van der Waals surface area contributed by atoms with Gasteiger partial charge in [0.2, 0.25) is 5.91 Å². The van der Waals surface area contributed by atoms with Gasteiger partial charge in [-0.3, -0.25) is 19.3 Å². The highest BCUT2D eigenvalue weighted by molar-refractivity contribution is 8.00. The van der Waals surface area contributed by atoms with Gasteiger partial charge in [0.25, 0.3) is 5.91 Å². The maximum absolute atomic E-state index is 12.3. The Balaban J connectivity index is 1.58. The largest absolute Gasteiger partial charge is 0.451 e. The van der Waals surface area contributed by atoms with E-state index in [9.17, 15) is 14.4 Å². The summed E-state index contributed by atoms with van der Waals surface area (Å²) in [5.74, 6) is -0.931. The average Bonchev–Trinajstić information content (AvgIpc) is 2.70. The molecule has 7 heteroatoms. The Bertz CT molecular complexity index is 882. The highest BCUT2D eigenvalue weighted by Gasteiger charge is 2.28. The van der Waals surface area contributed by atoms with E-state index in [4.69, 9.17) is 4.74 Å². The third-order valence-electron chi connectivity index (χ3n) is 4.40. The van der Waals surface area contributed by atoms with Gasteiger partial charge in [0.1, 0.15) is 6.54 Å². The zero-order chi connectivity index (χ0) is 20.1. The van der Waals surface area contributed by atoms with Crippen LogP contribution in [-0.2, 0) is 25.5 Å². The predicted octanol–water partition coefficient (Wildman–Crippen LogP) is 3.26. The summed E-state index contributed by atoms with van der Waals surface area (Å²) in [5.41, 5.74) is 2.50. The van der Waals surface area contributed by atoms with E-state index in [0.717, 1.165) is 11.3 Å². The first-order valence-electron chi connectivity index (χ1n) is 9.09. The minimum absolute atomic E-state index is 0.159. The molecule has 28 heavy (non-hydrogen) atoms. The molecule has 0 radical (unpaired) electrons. The van der Waals surface area contributed by atoms with E-state index in [1.165, 1.54) is 29.1 Å². The lowest BCUT2D eigenvalue weighted by Crippen LogP contribution is -2.41. The lowest BCUT2D eigenvalue weighted by atomic mass is 10.1. The smallest absolute Gasteiger partial charge is 0.326 e. The molecule has 2 amide bonds. The summed E-state index contributed by atoms with van der Waals surface area (Å²) in [7, 11) is 0. The highest BCUT2D eigenvalue weighted by Crippen LogP contribution is 2.34. The second-order valence-corrected chi connectivity index (χ2v) is 7.43. The van der Waals surface area contributed by atoms with Gasteiger partial charge in [0, 0.05) is 10.6 Å². The van der Waals surface area contributed by atoms with Crippen LogP contribution < -0.4 is 10.2 Å². The molecule has 3 rings (SSSR count). The number of benzene rings is 2. The van der Waals surface area contributed by atoms with Crippen molar-refractivity contribution >= 4 is 40.9 Å². The van der Waals surface area contributed by atoms with Crippen molar-refractivity contribution in [3.05, 3.63) is 54.1 Å². The highest BCUT2D eigenvalue weighted by atomic mass is 32.2. The molecule has 1 N–H and O–H groups in total. The van der Waals surface area contributed by atoms with Crippen molar-refractivity contribution in [1.29, 1.82) is 0 Å². The Labute approximate surface area is 168 Å². The summed E-state index contributed by atoms with van der Waals surface area (Å²) in [4.78, 5) is 39.2. The van der Waals surface area contributed by atoms with Crippen molar-refractivity contribution < 1.29 is 19.1 Å². The lowest BCUT2D eigenvalue weighted by molar-refractivity contribution is -0.152. The van der Waals surface area contributed by atoms with E-state index in [-0.39, 0.29) is 18.2 Å². The summed E-state index contributed by atoms with van der Waals surface area (Å²) < 4.78 is 5.24. The number of nitrogens with one attached hydrogen (secondary N) is 1. The number of para-hydroxylation sites is 1. The van der Waals surface area contributed by atoms with Gasteiger partial charge in [0.15, 0.2) is 6.10 Å². The molecule has 0 spiro atoms. The van der Waals surface area contributed by atoms with Crippen LogP contribution in [0.5, 0.6) is 0 Å². The maximum atomic E-state index is 12.3. The molecule has 1 atom stereocenters. The van der Waals surface area contributed by atoms with Gasteiger partial charge in [-0.15, -0.1) is 11.8 Å². The van der Waals surface area contributed by atoms with Crippen LogP contribution in [0.2, 0.25) is 0 Å². The van der Waals surface area contributed by atoms with Gasteiger partial charge in [-0.2, -0.15) is 0 Å². The number of fused-ring (bicyclic) bond motifs is 1. The van der Waals surface area contributed by atoms with Crippen molar-refractivity contribution in [2.24, 2.45) is 0 Å². The van der Waals surface area contributed by atoms with E-state index in [0.29, 0.717) is 11.4 Å². The molecule has 1 heterocycles. The Kier molecular flexibility index (Phi) is 6.36. The number of aryl methyl sites for hydroxylation is 1. The van der Waals surface area contributed by atoms with E-state index in [1.54, 1.807) is 6.07 Å². The number of thioether (sulfide) groups is 1. The van der Waals surface area contributed by atoms with E-state index in [2.05, 4.69) is 12.2 Å². The van der Waals surface area contributed by atoms with Crippen LogP contribution in [-0.4, -0.2) is 36.2 Å². The zero-order valence-electron chi connectivity index (χ0n) is 15.8. The van der Waals surface area contributed by atoms with Crippen LogP contribution in [0.25, 0.3) is 0 Å².